The van der Waals surface area contributed by atoms with Crippen molar-refractivity contribution in [1.82, 2.24) is 8.75 Å². The first kappa shape index (κ1) is 11.5. The number of aliphatic hydroxyl groups excluding tert-OH is 2. The molecule has 1 aromatic heterocycles. The van der Waals surface area contributed by atoms with E-state index < -0.39 is 35.5 Å². The van der Waals surface area contributed by atoms with E-state index in [9.17, 15) is 14.7 Å². The Bertz CT molecular complexity index is 391. The van der Waals surface area contributed by atoms with Crippen LogP contribution in [0, 0.1) is 0 Å². The fraction of sp³-hybridized carbons (Fsp3) is 0.333. The monoisotopic (exact) mass is 234 g/mol. The molecule has 0 unspecified atom stereocenters. The summed E-state index contributed by atoms with van der Waals surface area (Å²) in [6.45, 7) is 0. The SMILES string of the molecule is O=C(O)c1nsnc1[C@@H](O)[C@H](O)C(=O)O. The number of rotatable bonds is 4. The summed E-state index contributed by atoms with van der Waals surface area (Å²) in [6.07, 6.45) is -4.04. The third-order valence-corrected chi connectivity index (χ3v) is 2.09. The predicted molar refractivity (Wildman–Crippen MR) is 45.5 cm³/mol. The lowest BCUT2D eigenvalue weighted by Crippen LogP contribution is -2.28. The second-order valence-electron chi connectivity index (χ2n) is 2.53. The van der Waals surface area contributed by atoms with Crippen molar-refractivity contribution in [2.24, 2.45) is 0 Å². The topological polar surface area (TPSA) is 141 Å². The van der Waals surface area contributed by atoms with E-state index in [0.29, 0.717) is 11.7 Å². The Kier molecular flexibility index (Phi) is 3.29. The van der Waals surface area contributed by atoms with Crippen molar-refractivity contribution in [3.8, 4) is 0 Å². The van der Waals surface area contributed by atoms with Crippen LogP contribution in [0.15, 0.2) is 0 Å². The second kappa shape index (κ2) is 4.29. The maximum Gasteiger partial charge on any atom is 0.357 e. The van der Waals surface area contributed by atoms with Crippen molar-refractivity contribution >= 4 is 23.7 Å². The van der Waals surface area contributed by atoms with Crippen molar-refractivity contribution in [2.75, 3.05) is 0 Å². The molecule has 0 bridgehead atoms. The summed E-state index contributed by atoms with van der Waals surface area (Å²) in [6, 6.07) is 0. The molecule has 1 heterocycles. The molecule has 9 heteroatoms. The maximum atomic E-state index is 10.5. The molecule has 0 amide bonds. The van der Waals surface area contributed by atoms with E-state index in [4.69, 9.17) is 15.3 Å². The summed E-state index contributed by atoms with van der Waals surface area (Å²) < 4.78 is 6.76. The van der Waals surface area contributed by atoms with Gasteiger partial charge in [0.15, 0.2) is 11.8 Å². The molecule has 1 aromatic rings. The van der Waals surface area contributed by atoms with Gasteiger partial charge >= 0.3 is 11.9 Å². The fourth-order valence-corrected chi connectivity index (χ4v) is 1.40. The number of carboxylic acids is 2. The summed E-state index contributed by atoms with van der Waals surface area (Å²) >= 11 is 0.507. The fourth-order valence-electron chi connectivity index (χ4n) is 0.822. The molecule has 8 nitrogen and oxygen atoms in total. The van der Waals surface area contributed by atoms with Gasteiger partial charge < -0.3 is 20.4 Å². The minimum Gasteiger partial charge on any atom is -0.479 e. The zero-order valence-electron chi connectivity index (χ0n) is 7.06. The van der Waals surface area contributed by atoms with Gasteiger partial charge in [-0.05, 0) is 0 Å². The highest BCUT2D eigenvalue weighted by atomic mass is 32.1. The highest BCUT2D eigenvalue weighted by Gasteiger charge is 2.31. The Balaban J connectivity index is 3.00. The lowest BCUT2D eigenvalue weighted by Gasteiger charge is -2.11. The van der Waals surface area contributed by atoms with E-state index in [1.54, 1.807) is 0 Å². The molecule has 2 atom stereocenters. The molecule has 4 N–H and O–H groups in total. The smallest absolute Gasteiger partial charge is 0.357 e. The minimum atomic E-state index is -2.13. The molecule has 0 spiro atoms. The molecule has 0 fully saturated rings. The van der Waals surface area contributed by atoms with Crippen LogP contribution in [0.1, 0.15) is 22.3 Å². The van der Waals surface area contributed by atoms with Crippen molar-refractivity contribution < 1.29 is 30.0 Å². The molecule has 1 rings (SSSR count). The van der Waals surface area contributed by atoms with Gasteiger partial charge in [-0.2, -0.15) is 8.75 Å². The van der Waals surface area contributed by atoms with Crippen LogP contribution in [0.3, 0.4) is 0 Å². The summed E-state index contributed by atoms with van der Waals surface area (Å²) in [4.78, 5) is 20.9. The Morgan fingerprint density at radius 1 is 1.20 bits per heavy atom. The van der Waals surface area contributed by atoms with Crippen LogP contribution in [0.4, 0.5) is 0 Å². The molecule has 0 radical (unpaired) electrons. The van der Waals surface area contributed by atoms with Crippen LogP contribution < -0.4 is 0 Å². The van der Waals surface area contributed by atoms with Crippen LogP contribution in [-0.4, -0.2) is 47.2 Å². The molecule has 0 aliphatic heterocycles. The highest BCUT2D eigenvalue weighted by molar-refractivity contribution is 6.99. The van der Waals surface area contributed by atoms with Gasteiger partial charge in [0.1, 0.15) is 11.8 Å². The zero-order chi connectivity index (χ0) is 11.6. The Morgan fingerprint density at radius 3 is 2.27 bits per heavy atom. The highest BCUT2D eigenvalue weighted by Crippen LogP contribution is 2.19. The van der Waals surface area contributed by atoms with E-state index in [-0.39, 0.29) is 0 Å². The maximum absolute atomic E-state index is 10.5. The van der Waals surface area contributed by atoms with Gasteiger partial charge in [0, 0.05) is 0 Å². The van der Waals surface area contributed by atoms with Gasteiger partial charge in [0.25, 0.3) is 0 Å². The van der Waals surface area contributed by atoms with E-state index in [1.807, 2.05) is 0 Å². The third-order valence-electron chi connectivity index (χ3n) is 1.55. The first-order valence-corrected chi connectivity index (χ1v) is 4.33. The molecule has 0 aliphatic rings. The Hall–Kier alpha value is -1.58. The molecule has 0 aliphatic carbocycles. The van der Waals surface area contributed by atoms with Crippen LogP contribution >= 0.6 is 11.7 Å². The number of hydrogen-bond donors (Lipinski definition) is 4. The first-order valence-electron chi connectivity index (χ1n) is 3.59. The van der Waals surface area contributed by atoms with Crippen LogP contribution in [-0.2, 0) is 4.79 Å². The predicted octanol–water partition coefficient (Wildman–Crippen LogP) is -1.28. The van der Waals surface area contributed by atoms with Gasteiger partial charge in [0.2, 0.25) is 0 Å². The molecule has 0 aromatic carbocycles. The lowest BCUT2D eigenvalue weighted by molar-refractivity contribution is -0.153. The zero-order valence-corrected chi connectivity index (χ0v) is 7.88. The Morgan fingerprint density at radius 2 is 1.80 bits per heavy atom. The van der Waals surface area contributed by atoms with Gasteiger partial charge in [-0.3, -0.25) is 0 Å². The summed E-state index contributed by atoms with van der Waals surface area (Å²) in [5, 5.41) is 35.2. The van der Waals surface area contributed by atoms with E-state index >= 15 is 0 Å². The number of aromatic carboxylic acids is 1. The summed E-state index contributed by atoms with van der Waals surface area (Å²) in [5.41, 5.74) is -1.02. The summed E-state index contributed by atoms with van der Waals surface area (Å²) in [7, 11) is 0. The molecule has 15 heavy (non-hydrogen) atoms. The molecule has 82 valence electrons. The van der Waals surface area contributed by atoms with Crippen molar-refractivity contribution in [3.05, 3.63) is 11.4 Å². The molecule has 0 saturated carbocycles. The van der Waals surface area contributed by atoms with Gasteiger partial charge in [0.05, 0.1) is 11.7 Å². The average molecular weight is 234 g/mol. The number of carbonyl (C=O) groups is 2. The first-order chi connectivity index (χ1) is 6.95. The second-order valence-corrected chi connectivity index (χ2v) is 3.06. The number of hydrogen-bond acceptors (Lipinski definition) is 7. The molecular formula is C6H6N2O6S. The van der Waals surface area contributed by atoms with E-state index in [2.05, 4.69) is 8.75 Å². The van der Waals surface area contributed by atoms with E-state index in [0.717, 1.165) is 0 Å². The lowest BCUT2D eigenvalue weighted by atomic mass is 10.1. The van der Waals surface area contributed by atoms with Crippen LogP contribution in [0.5, 0.6) is 0 Å². The normalized spacial score (nSPS) is 14.5. The number of carboxylic acid groups (broad SMARTS) is 2. The van der Waals surface area contributed by atoms with Gasteiger partial charge in [-0.15, -0.1) is 0 Å². The number of aliphatic carboxylic acids is 1. The molecule has 0 saturated heterocycles. The average Bonchev–Trinajstić information content (AvgIpc) is 2.63. The van der Waals surface area contributed by atoms with Crippen molar-refractivity contribution in [2.45, 2.75) is 12.2 Å². The molecular weight excluding hydrogens is 228 g/mol. The van der Waals surface area contributed by atoms with Crippen LogP contribution in [0.25, 0.3) is 0 Å². The van der Waals surface area contributed by atoms with Gasteiger partial charge in [-0.1, -0.05) is 0 Å². The third kappa shape index (κ3) is 2.26. The summed E-state index contributed by atoms with van der Waals surface area (Å²) in [5.74, 6) is -3.12. The minimum absolute atomic E-state index is 0.456. The van der Waals surface area contributed by atoms with E-state index in [1.165, 1.54) is 0 Å². The van der Waals surface area contributed by atoms with Crippen LogP contribution in [0.2, 0.25) is 0 Å². The van der Waals surface area contributed by atoms with Gasteiger partial charge in [-0.25, -0.2) is 9.59 Å². The Labute approximate surface area is 86.8 Å². The number of nitrogens with zero attached hydrogens (tertiary/aromatic N) is 2. The number of aliphatic hydroxyl groups is 2. The van der Waals surface area contributed by atoms with Crippen molar-refractivity contribution in [3.63, 3.8) is 0 Å². The number of aromatic nitrogens is 2. The largest absolute Gasteiger partial charge is 0.479 e. The van der Waals surface area contributed by atoms with Crippen molar-refractivity contribution in [1.29, 1.82) is 0 Å². The standard InChI is InChI=1S/C6H6N2O6S/c9-3(4(10)6(13)14)1-2(5(11)12)8-15-7-1/h3-4,9-10H,(H,11,12)(H,13,14)/t3-,4+/m1/s1. The quantitative estimate of drug-likeness (QED) is 0.504.